The van der Waals surface area contributed by atoms with E-state index in [4.69, 9.17) is 4.74 Å². The third-order valence-electron chi connectivity index (χ3n) is 4.46. The molecule has 0 saturated carbocycles. The lowest BCUT2D eigenvalue weighted by atomic mass is 9.86. The van der Waals surface area contributed by atoms with E-state index in [0.29, 0.717) is 24.8 Å². The molecular formula is C16H19FNO3P. The van der Waals surface area contributed by atoms with Crippen LogP contribution in [-0.4, -0.2) is 29.0 Å². The number of benzene rings is 1. The summed E-state index contributed by atoms with van der Waals surface area (Å²) in [6.07, 6.45) is 2.66. The average molecular weight is 323 g/mol. The number of nitrogens with zero attached hydrogens (tertiary/aromatic N) is 1. The Morgan fingerprint density at radius 3 is 2.91 bits per heavy atom. The maximum Gasteiger partial charge on any atom is 0.418 e. The van der Waals surface area contributed by atoms with E-state index in [1.165, 1.54) is 11.0 Å². The highest BCUT2D eigenvalue weighted by Crippen LogP contribution is 2.31. The lowest BCUT2D eigenvalue weighted by Gasteiger charge is -2.33. The van der Waals surface area contributed by atoms with Gasteiger partial charge in [-0.3, -0.25) is 4.90 Å². The van der Waals surface area contributed by atoms with Gasteiger partial charge in [-0.25, -0.2) is 14.0 Å². The van der Waals surface area contributed by atoms with E-state index in [-0.39, 0.29) is 11.9 Å². The van der Waals surface area contributed by atoms with Crippen molar-refractivity contribution in [2.45, 2.75) is 51.1 Å². The Labute approximate surface area is 131 Å². The molecule has 1 heterocycles. The highest BCUT2D eigenvalue weighted by Gasteiger charge is 2.45. The predicted octanol–water partition coefficient (Wildman–Crippen LogP) is 2.33. The Bertz CT molecular complexity index is 634. The molecule has 0 aromatic heterocycles. The first-order chi connectivity index (χ1) is 10.5. The zero-order valence-electron chi connectivity index (χ0n) is 12.5. The van der Waals surface area contributed by atoms with E-state index in [1.54, 1.807) is 0 Å². The molecule has 3 atom stereocenters. The summed E-state index contributed by atoms with van der Waals surface area (Å²) in [6, 6.07) is 2.76. The standard InChI is InChI=1S/C16H19FNO3P/c1-2-3-14-15(19)21-16(20)18(14)10-5-4-9-6-11(22)8-13(17)12(9)7-10/h6,8,10,14H,2-5,7,22H2,1H3/t10-,14-/m0/s1. The van der Waals surface area contributed by atoms with Gasteiger partial charge in [0.15, 0.2) is 0 Å². The molecule has 1 aromatic carbocycles. The van der Waals surface area contributed by atoms with E-state index >= 15 is 0 Å². The van der Waals surface area contributed by atoms with Gasteiger partial charge < -0.3 is 4.74 Å². The number of hydrogen-bond acceptors (Lipinski definition) is 3. The summed E-state index contributed by atoms with van der Waals surface area (Å²) in [5.74, 6) is -0.712. The average Bonchev–Trinajstić information content (AvgIpc) is 2.73. The van der Waals surface area contributed by atoms with Crippen LogP contribution in [0.4, 0.5) is 9.18 Å². The van der Waals surface area contributed by atoms with Crippen molar-refractivity contribution >= 4 is 26.6 Å². The molecule has 1 saturated heterocycles. The molecule has 1 aromatic rings. The van der Waals surface area contributed by atoms with Gasteiger partial charge >= 0.3 is 12.1 Å². The fraction of sp³-hybridized carbons (Fsp3) is 0.500. The van der Waals surface area contributed by atoms with Gasteiger partial charge in [0.1, 0.15) is 11.9 Å². The Hall–Kier alpha value is -1.48. The quantitative estimate of drug-likeness (QED) is 0.487. The smallest absolute Gasteiger partial charge is 0.375 e. The molecule has 22 heavy (non-hydrogen) atoms. The molecule has 0 bridgehead atoms. The number of ether oxygens (including phenoxy) is 1. The van der Waals surface area contributed by atoms with Crippen molar-refractivity contribution in [2.24, 2.45) is 0 Å². The van der Waals surface area contributed by atoms with Crippen LogP contribution in [0.2, 0.25) is 0 Å². The summed E-state index contributed by atoms with van der Waals surface area (Å²) in [5, 5.41) is 0.828. The van der Waals surface area contributed by atoms with Crippen LogP contribution in [0.1, 0.15) is 37.3 Å². The zero-order chi connectivity index (χ0) is 15.9. The van der Waals surface area contributed by atoms with Crippen molar-refractivity contribution in [2.75, 3.05) is 0 Å². The second-order valence-corrected chi connectivity index (χ2v) is 6.60. The minimum atomic E-state index is -0.583. The lowest BCUT2D eigenvalue weighted by Crippen LogP contribution is -2.46. The van der Waals surface area contributed by atoms with Crippen LogP contribution in [0.5, 0.6) is 0 Å². The minimum Gasteiger partial charge on any atom is -0.375 e. The van der Waals surface area contributed by atoms with Gasteiger partial charge in [0.2, 0.25) is 0 Å². The number of hydrogen-bond donors (Lipinski definition) is 0. The highest BCUT2D eigenvalue weighted by atomic mass is 31.0. The topological polar surface area (TPSA) is 46.6 Å². The Morgan fingerprint density at radius 1 is 1.41 bits per heavy atom. The van der Waals surface area contributed by atoms with Gasteiger partial charge in [-0.05, 0) is 48.2 Å². The predicted molar refractivity (Wildman–Crippen MR) is 83.6 cm³/mol. The fourth-order valence-electron chi connectivity index (χ4n) is 3.45. The minimum absolute atomic E-state index is 0.173. The number of carbonyl (C=O) groups is 2. The van der Waals surface area contributed by atoms with E-state index < -0.39 is 18.1 Å². The molecular weight excluding hydrogens is 304 g/mol. The second-order valence-electron chi connectivity index (χ2n) is 5.94. The Balaban J connectivity index is 1.87. The zero-order valence-corrected chi connectivity index (χ0v) is 13.6. The van der Waals surface area contributed by atoms with Crippen molar-refractivity contribution in [3.63, 3.8) is 0 Å². The maximum atomic E-state index is 14.2. The number of esters is 1. The highest BCUT2D eigenvalue weighted by molar-refractivity contribution is 7.27. The van der Waals surface area contributed by atoms with Gasteiger partial charge in [-0.1, -0.05) is 19.4 Å². The van der Waals surface area contributed by atoms with Gasteiger partial charge in [0.25, 0.3) is 0 Å². The first-order valence-corrected chi connectivity index (χ1v) is 8.19. The molecule has 4 nitrogen and oxygen atoms in total. The number of rotatable bonds is 3. The number of carbonyl (C=O) groups excluding carboxylic acids is 2. The number of fused-ring (bicyclic) bond motifs is 1. The monoisotopic (exact) mass is 323 g/mol. The molecule has 1 fully saturated rings. The second kappa shape index (κ2) is 5.96. The third-order valence-corrected chi connectivity index (χ3v) is 4.79. The molecule has 1 aliphatic carbocycles. The van der Waals surface area contributed by atoms with Crippen LogP contribution in [-0.2, 0) is 22.4 Å². The van der Waals surface area contributed by atoms with Crippen LogP contribution >= 0.6 is 9.24 Å². The molecule has 2 aliphatic rings. The van der Waals surface area contributed by atoms with Gasteiger partial charge in [0, 0.05) is 6.04 Å². The van der Waals surface area contributed by atoms with E-state index in [9.17, 15) is 14.0 Å². The van der Waals surface area contributed by atoms with Crippen molar-refractivity contribution in [3.8, 4) is 0 Å². The molecule has 0 radical (unpaired) electrons. The van der Waals surface area contributed by atoms with Crippen LogP contribution in [0, 0.1) is 5.82 Å². The van der Waals surface area contributed by atoms with E-state index in [2.05, 4.69) is 9.24 Å². The molecule has 0 N–H and O–H groups in total. The molecule has 118 valence electrons. The van der Waals surface area contributed by atoms with Crippen LogP contribution < -0.4 is 5.30 Å². The molecule has 6 heteroatoms. The Morgan fingerprint density at radius 2 is 2.18 bits per heavy atom. The summed E-state index contributed by atoms with van der Waals surface area (Å²) >= 11 is 0. The van der Waals surface area contributed by atoms with E-state index in [0.717, 1.165) is 23.7 Å². The van der Waals surface area contributed by atoms with Gasteiger partial charge in [-0.15, -0.1) is 9.24 Å². The lowest BCUT2D eigenvalue weighted by molar-refractivity contribution is -0.136. The van der Waals surface area contributed by atoms with Crippen molar-refractivity contribution in [1.29, 1.82) is 0 Å². The molecule has 1 unspecified atom stereocenters. The summed E-state index contributed by atoms with van der Waals surface area (Å²) < 4.78 is 19.0. The largest absolute Gasteiger partial charge is 0.418 e. The van der Waals surface area contributed by atoms with Crippen molar-refractivity contribution in [3.05, 3.63) is 29.1 Å². The first kappa shape index (κ1) is 15.4. The first-order valence-electron chi connectivity index (χ1n) is 7.62. The number of halogens is 1. The molecule has 0 spiro atoms. The fourth-order valence-corrected chi connectivity index (χ4v) is 3.79. The third kappa shape index (κ3) is 2.63. The van der Waals surface area contributed by atoms with E-state index in [1.807, 2.05) is 13.0 Å². The van der Waals surface area contributed by atoms with Crippen molar-refractivity contribution < 1.29 is 18.7 Å². The van der Waals surface area contributed by atoms with Gasteiger partial charge in [-0.2, -0.15) is 0 Å². The van der Waals surface area contributed by atoms with Gasteiger partial charge in [0.05, 0.1) is 0 Å². The van der Waals surface area contributed by atoms with Crippen LogP contribution in [0.25, 0.3) is 0 Å². The van der Waals surface area contributed by atoms with Crippen LogP contribution in [0.15, 0.2) is 12.1 Å². The van der Waals surface area contributed by atoms with Crippen molar-refractivity contribution in [1.82, 2.24) is 4.90 Å². The maximum absolute atomic E-state index is 14.2. The van der Waals surface area contributed by atoms with Crippen LogP contribution in [0.3, 0.4) is 0 Å². The summed E-state index contributed by atoms with van der Waals surface area (Å²) in [6.45, 7) is 1.96. The molecule has 1 amide bonds. The number of cyclic esters (lactones) is 2. The summed E-state index contributed by atoms with van der Waals surface area (Å²) in [4.78, 5) is 25.4. The Kier molecular flexibility index (Phi) is 4.18. The summed E-state index contributed by atoms with van der Waals surface area (Å²) in [7, 11) is 2.51. The molecule has 3 rings (SSSR count). The number of amides is 1. The SMILES string of the molecule is CCC[C@H]1C(=O)OC(=O)N1[C@H]1CCc2cc(P)cc(F)c2C1. The normalized spacial score (nSPS) is 24.4. The molecule has 1 aliphatic heterocycles. The summed E-state index contributed by atoms with van der Waals surface area (Å²) in [5.41, 5.74) is 1.65. The number of aryl methyl sites for hydroxylation is 1.